The van der Waals surface area contributed by atoms with Gasteiger partial charge in [0.25, 0.3) is 0 Å². The second-order valence-corrected chi connectivity index (χ2v) is 4.00. The van der Waals surface area contributed by atoms with Gasteiger partial charge in [0.15, 0.2) is 0 Å². The molecule has 1 heterocycles. The summed E-state index contributed by atoms with van der Waals surface area (Å²) in [5.74, 6) is 0.916. The molecule has 1 atom stereocenters. The van der Waals surface area contributed by atoms with Crippen molar-refractivity contribution in [3.8, 4) is 5.75 Å². The standard InChI is InChI=1S/C13H18N2O/c1-16-13-7-3-2-5-11(13)9-14-10-12-6-4-8-15-12/h2-3,5,7,10,12,15H,4,6,8-9H2,1H3. The van der Waals surface area contributed by atoms with E-state index in [4.69, 9.17) is 4.74 Å². The molecule has 1 aromatic carbocycles. The predicted octanol–water partition coefficient (Wildman–Crippen LogP) is 2.02. The number of benzene rings is 1. The summed E-state index contributed by atoms with van der Waals surface area (Å²) in [7, 11) is 1.70. The van der Waals surface area contributed by atoms with Crippen molar-refractivity contribution in [1.82, 2.24) is 5.32 Å². The molecule has 86 valence electrons. The molecule has 1 aliphatic heterocycles. The molecule has 0 saturated carbocycles. The summed E-state index contributed by atoms with van der Waals surface area (Å²) in [5.41, 5.74) is 1.14. The fourth-order valence-electron chi connectivity index (χ4n) is 1.95. The number of nitrogens with one attached hydrogen (secondary N) is 1. The Morgan fingerprint density at radius 1 is 1.50 bits per heavy atom. The van der Waals surface area contributed by atoms with Gasteiger partial charge < -0.3 is 10.1 Å². The summed E-state index contributed by atoms with van der Waals surface area (Å²) < 4.78 is 5.28. The molecule has 0 spiro atoms. The van der Waals surface area contributed by atoms with E-state index >= 15 is 0 Å². The Balaban J connectivity index is 1.93. The van der Waals surface area contributed by atoms with Gasteiger partial charge in [-0.15, -0.1) is 0 Å². The molecule has 1 aliphatic rings. The molecular weight excluding hydrogens is 200 g/mol. The fourth-order valence-corrected chi connectivity index (χ4v) is 1.95. The number of methoxy groups -OCH3 is 1. The molecule has 3 heteroatoms. The molecule has 1 N–H and O–H groups in total. The molecular formula is C13H18N2O. The van der Waals surface area contributed by atoms with Crippen LogP contribution in [-0.2, 0) is 6.54 Å². The van der Waals surface area contributed by atoms with Crippen LogP contribution in [0.15, 0.2) is 29.3 Å². The van der Waals surface area contributed by atoms with Gasteiger partial charge in [0.1, 0.15) is 5.75 Å². The van der Waals surface area contributed by atoms with Crippen LogP contribution in [0.2, 0.25) is 0 Å². The topological polar surface area (TPSA) is 33.6 Å². The van der Waals surface area contributed by atoms with Crippen LogP contribution < -0.4 is 10.1 Å². The van der Waals surface area contributed by atoms with Crippen molar-refractivity contribution in [2.24, 2.45) is 4.99 Å². The first-order valence-corrected chi connectivity index (χ1v) is 5.75. The number of aliphatic imine (C=N–C) groups is 1. The van der Waals surface area contributed by atoms with Gasteiger partial charge in [0, 0.05) is 17.8 Å². The molecule has 0 radical (unpaired) electrons. The van der Waals surface area contributed by atoms with E-state index in [1.165, 1.54) is 12.8 Å². The van der Waals surface area contributed by atoms with Gasteiger partial charge in [-0.3, -0.25) is 4.99 Å². The first-order chi connectivity index (χ1) is 7.90. The van der Waals surface area contributed by atoms with Crippen LogP contribution in [0.1, 0.15) is 18.4 Å². The minimum absolute atomic E-state index is 0.467. The molecule has 1 saturated heterocycles. The Morgan fingerprint density at radius 2 is 2.38 bits per heavy atom. The highest BCUT2D eigenvalue weighted by Gasteiger charge is 2.10. The number of para-hydroxylation sites is 1. The van der Waals surface area contributed by atoms with Gasteiger partial charge in [-0.1, -0.05) is 18.2 Å². The monoisotopic (exact) mass is 218 g/mol. The van der Waals surface area contributed by atoms with E-state index in [2.05, 4.69) is 16.4 Å². The molecule has 16 heavy (non-hydrogen) atoms. The highest BCUT2D eigenvalue weighted by molar-refractivity contribution is 5.64. The van der Waals surface area contributed by atoms with Crippen LogP contribution in [-0.4, -0.2) is 25.9 Å². The number of hydrogen-bond donors (Lipinski definition) is 1. The lowest BCUT2D eigenvalue weighted by molar-refractivity contribution is 0.410. The van der Waals surface area contributed by atoms with E-state index in [0.29, 0.717) is 12.6 Å². The zero-order chi connectivity index (χ0) is 11.2. The van der Waals surface area contributed by atoms with E-state index < -0.39 is 0 Å². The zero-order valence-electron chi connectivity index (χ0n) is 9.65. The maximum atomic E-state index is 5.28. The Hall–Kier alpha value is -1.35. The highest BCUT2D eigenvalue weighted by Crippen LogP contribution is 2.17. The SMILES string of the molecule is COc1ccccc1CN=CC1CCCN1. The lowest BCUT2D eigenvalue weighted by atomic mass is 10.2. The van der Waals surface area contributed by atoms with Crippen molar-refractivity contribution in [2.75, 3.05) is 13.7 Å². The largest absolute Gasteiger partial charge is 0.496 e. The Bertz CT molecular complexity index is 357. The van der Waals surface area contributed by atoms with Crippen LogP contribution in [0.3, 0.4) is 0 Å². The number of nitrogens with zero attached hydrogens (tertiary/aromatic N) is 1. The fraction of sp³-hybridized carbons (Fsp3) is 0.462. The smallest absolute Gasteiger partial charge is 0.123 e. The third-order valence-corrected chi connectivity index (χ3v) is 2.84. The van der Waals surface area contributed by atoms with E-state index in [1.807, 2.05) is 24.4 Å². The lowest BCUT2D eigenvalue weighted by Crippen LogP contribution is -2.22. The van der Waals surface area contributed by atoms with Crippen molar-refractivity contribution in [2.45, 2.75) is 25.4 Å². The quantitative estimate of drug-likeness (QED) is 0.784. The minimum atomic E-state index is 0.467. The van der Waals surface area contributed by atoms with Crippen LogP contribution >= 0.6 is 0 Å². The van der Waals surface area contributed by atoms with E-state index in [0.717, 1.165) is 17.9 Å². The molecule has 0 aliphatic carbocycles. The average molecular weight is 218 g/mol. The van der Waals surface area contributed by atoms with Crippen molar-refractivity contribution < 1.29 is 4.74 Å². The number of hydrogen-bond acceptors (Lipinski definition) is 3. The van der Waals surface area contributed by atoms with Crippen molar-refractivity contribution in [3.63, 3.8) is 0 Å². The van der Waals surface area contributed by atoms with Gasteiger partial charge in [0.05, 0.1) is 13.7 Å². The third kappa shape index (κ3) is 2.83. The van der Waals surface area contributed by atoms with Crippen molar-refractivity contribution in [3.05, 3.63) is 29.8 Å². The molecule has 1 unspecified atom stereocenters. The predicted molar refractivity (Wildman–Crippen MR) is 66.2 cm³/mol. The van der Waals surface area contributed by atoms with Crippen LogP contribution in [0.5, 0.6) is 5.75 Å². The van der Waals surface area contributed by atoms with Gasteiger partial charge >= 0.3 is 0 Å². The zero-order valence-corrected chi connectivity index (χ0v) is 9.65. The summed E-state index contributed by atoms with van der Waals surface area (Å²) in [4.78, 5) is 4.46. The Labute approximate surface area is 96.5 Å². The normalized spacial score (nSPS) is 20.4. The van der Waals surface area contributed by atoms with Crippen LogP contribution in [0.4, 0.5) is 0 Å². The first-order valence-electron chi connectivity index (χ1n) is 5.75. The average Bonchev–Trinajstić information content (AvgIpc) is 2.83. The lowest BCUT2D eigenvalue weighted by Gasteiger charge is -2.06. The second-order valence-electron chi connectivity index (χ2n) is 4.00. The molecule has 3 nitrogen and oxygen atoms in total. The van der Waals surface area contributed by atoms with Gasteiger partial charge in [-0.2, -0.15) is 0 Å². The summed E-state index contributed by atoms with van der Waals surface area (Å²) in [6, 6.07) is 8.48. The maximum Gasteiger partial charge on any atom is 0.123 e. The van der Waals surface area contributed by atoms with Crippen molar-refractivity contribution in [1.29, 1.82) is 0 Å². The van der Waals surface area contributed by atoms with E-state index in [9.17, 15) is 0 Å². The van der Waals surface area contributed by atoms with Gasteiger partial charge in [-0.05, 0) is 25.5 Å². The van der Waals surface area contributed by atoms with Gasteiger partial charge in [-0.25, -0.2) is 0 Å². The molecule has 0 bridgehead atoms. The highest BCUT2D eigenvalue weighted by atomic mass is 16.5. The number of rotatable bonds is 4. The second kappa shape index (κ2) is 5.66. The Kier molecular flexibility index (Phi) is 3.94. The summed E-state index contributed by atoms with van der Waals surface area (Å²) in [5, 5.41) is 3.39. The molecule has 0 aromatic heterocycles. The molecule has 1 fully saturated rings. The first kappa shape index (κ1) is 11.1. The van der Waals surface area contributed by atoms with E-state index in [-0.39, 0.29) is 0 Å². The molecule has 2 rings (SSSR count). The molecule has 0 amide bonds. The molecule has 1 aromatic rings. The maximum absolute atomic E-state index is 5.28. The van der Waals surface area contributed by atoms with Crippen LogP contribution in [0, 0.1) is 0 Å². The summed E-state index contributed by atoms with van der Waals surface area (Å²) in [6.07, 6.45) is 4.49. The Morgan fingerprint density at radius 3 is 3.12 bits per heavy atom. The van der Waals surface area contributed by atoms with E-state index in [1.54, 1.807) is 7.11 Å². The number of ether oxygens (including phenoxy) is 1. The minimum Gasteiger partial charge on any atom is -0.496 e. The summed E-state index contributed by atoms with van der Waals surface area (Å²) in [6.45, 7) is 1.81. The van der Waals surface area contributed by atoms with Crippen LogP contribution in [0.25, 0.3) is 0 Å². The van der Waals surface area contributed by atoms with Gasteiger partial charge in [0.2, 0.25) is 0 Å². The van der Waals surface area contributed by atoms with Crippen molar-refractivity contribution >= 4 is 6.21 Å². The third-order valence-electron chi connectivity index (χ3n) is 2.84. The summed E-state index contributed by atoms with van der Waals surface area (Å²) >= 11 is 0.